The van der Waals surface area contributed by atoms with Gasteiger partial charge in [0, 0.05) is 5.56 Å². The van der Waals surface area contributed by atoms with E-state index in [1.54, 1.807) is 0 Å². The molecular formula is C19H26F3NO3. The molecule has 0 unspecified atom stereocenters. The maximum absolute atomic E-state index is 12.7. The highest BCUT2D eigenvalue weighted by Gasteiger charge is 2.31. The van der Waals surface area contributed by atoms with E-state index in [9.17, 15) is 22.8 Å². The summed E-state index contributed by atoms with van der Waals surface area (Å²) in [6.45, 7) is 3.85. The van der Waals surface area contributed by atoms with Crippen LogP contribution in [0.15, 0.2) is 24.3 Å². The van der Waals surface area contributed by atoms with Crippen molar-refractivity contribution in [3.63, 3.8) is 0 Å². The molecule has 1 amide bonds. The number of benzene rings is 1. The van der Waals surface area contributed by atoms with Gasteiger partial charge in [-0.05, 0) is 31.5 Å². The standard InChI is InChI=1S/C19H26F3NO3/c1-3-4-5-6-7-8-12-26-18(25)14(2)23-17(24)15-10-9-11-16(13-15)19(20,21)22/h9-11,13-14H,3-8,12H2,1-2H3,(H,23,24)/t14-/m0/s1. The summed E-state index contributed by atoms with van der Waals surface area (Å²) in [7, 11) is 0. The summed E-state index contributed by atoms with van der Waals surface area (Å²) in [6.07, 6.45) is 1.80. The van der Waals surface area contributed by atoms with E-state index in [0.717, 1.165) is 50.3 Å². The smallest absolute Gasteiger partial charge is 0.416 e. The second kappa shape index (κ2) is 10.8. The molecule has 0 aliphatic carbocycles. The van der Waals surface area contributed by atoms with Crippen LogP contribution in [0.4, 0.5) is 13.2 Å². The van der Waals surface area contributed by atoms with E-state index in [2.05, 4.69) is 12.2 Å². The van der Waals surface area contributed by atoms with Crippen molar-refractivity contribution in [2.75, 3.05) is 6.61 Å². The summed E-state index contributed by atoms with van der Waals surface area (Å²) in [4.78, 5) is 23.9. The summed E-state index contributed by atoms with van der Waals surface area (Å²) in [5.41, 5.74) is -1.07. The number of hydrogen-bond acceptors (Lipinski definition) is 3. The third-order valence-corrected chi connectivity index (χ3v) is 3.90. The van der Waals surface area contributed by atoms with Gasteiger partial charge in [-0.15, -0.1) is 0 Å². The predicted molar refractivity (Wildman–Crippen MR) is 92.7 cm³/mol. The van der Waals surface area contributed by atoms with Gasteiger partial charge in [-0.25, -0.2) is 4.79 Å². The average Bonchev–Trinajstić information content (AvgIpc) is 2.60. The van der Waals surface area contributed by atoms with Crippen LogP contribution in [-0.4, -0.2) is 24.5 Å². The van der Waals surface area contributed by atoms with Gasteiger partial charge in [-0.2, -0.15) is 13.2 Å². The number of unbranched alkanes of at least 4 members (excludes halogenated alkanes) is 5. The first-order valence-corrected chi connectivity index (χ1v) is 8.90. The SMILES string of the molecule is CCCCCCCCOC(=O)[C@H](C)NC(=O)c1cccc(C(F)(F)F)c1. The Balaban J connectivity index is 2.40. The first kappa shape index (κ1) is 22.0. The number of halogens is 3. The van der Waals surface area contributed by atoms with Crippen molar-refractivity contribution in [2.24, 2.45) is 0 Å². The first-order valence-electron chi connectivity index (χ1n) is 8.90. The Kier molecular flexibility index (Phi) is 9.16. The van der Waals surface area contributed by atoms with Crippen molar-refractivity contribution in [1.29, 1.82) is 0 Å². The van der Waals surface area contributed by atoms with Gasteiger partial charge >= 0.3 is 12.1 Å². The highest BCUT2D eigenvalue weighted by molar-refractivity contribution is 5.96. The van der Waals surface area contributed by atoms with E-state index >= 15 is 0 Å². The number of rotatable bonds is 10. The molecule has 7 heteroatoms. The van der Waals surface area contributed by atoms with Gasteiger partial charge in [0.05, 0.1) is 12.2 Å². The minimum absolute atomic E-state index is 0.157. The molecule has 0 saturated heterocycles. The number of amides is 1. The lowest BCUT2D eigenvalue weighted by atomic mass is 10.1. The molecule has 4 nitrogen and oxygen atoms in total. The Morgan fingerprint density at radius 3 is 2.42 bits per heavy atom. The molecule has 0 heterocycles. The van der Waals surface area contributed by atoms with Crippen molar-refractivity contribution in [3.8, 4) is 0 Å². The third kappa shape index (κ3) is 7.89. The van der Waals surface area contributed by atoms with E-state index in [0.29, 0.717) is 0 Å². The third-order valence-electron chi connectivity index (χ3n) is 3.90. The fraction of sp³-hybridized carbons (Fsp3) is 0.579. The molecule has 0 radical (unpaired) electrons. The van der Waals surface area contributed by atoms with Crippen LogP contribution in [0.3, 0.4) is 0 Å². The normalized spacial score (nSPS) is 12.5. The summed E-state index contributed by atoms with van der Waals surface area (Å²) in [5.74, 6) is -1.35. The topological polar surface area (TPSA) is 55.4 Å². The summed E-state index contributed by atoms with van der Waals surface area (Å²) in [6, 6.07) is 3.12. The number of carbonyl (C=O) groups excluding carboxylic acids is 2. The van der Waals surface area contributed by atoms with Gasteiger partial charge in [0.25, 0.3) is 5.91 Å². The fourth-order valence-corrected chi connectivity index (χ4v) is 2.36. The zero-order valence-corrected chi connectivity index (χ0v) is 15.2. The first-order chi connectivity index (χ1) is 12.3. The maximum atomic E-state index is 12.7. The Bertz CT molecular complexity index is 588. The number of carbonyl (C=O) groups is 2. The molecule has 0 fully saturated rings. The Labute approximate surface area is 152 Å². The lowest BCUT2D eigenvalue weighted by molar-refractivity contribution is -0.145. The lowest BCUT2D eigenvalue weighted by Gasteiger charge is -2.14. The van der Waals surface area contributed by atoms with Gasteiger partial charge in [-0.3, -0.25) is 4.79 Å². The predicted octanol–water partition coefficient (Wildman–Crippen LogP) is 4.73. The van der Waals surface area contributed by atoms with E-state index < -0.39 is 29.7 Å². The second-order valence-corrected chi connectivity index (χ2v) is 6.21. The minimum atomic E-state index is -4.53. The molecule has 0 spiro atoms. The van der Waals surface area contributed by atoms with Crippen molar-refractivity contribution in [3.05, 3.63) is 35.4 Å². The van der Waals surface area contributed by atoms with Crippen LogP contribution in [0.1, 0.15) is 68.3 Å². The Morgan fingerprint density at radius 1 is 1.12 bits per heavy atom. The van der Waals surface area contributed by atoms with Gasteiger partial charge in [0.1, 0.15) is 6.04 Å². The molecule has 1 aromatic rings. The quantitative estimate of drug-likeness (QED) is 0.477. The van der Waals surface area contributed by atoms with Crippen molar-refractivity contribution in [1.82, 2.24) is 5.32 Å². The van der Waals surface area contributed by atoms with Crippen LogP contribution in [0.5, 0.6) is 0 Å². The molecule has 1 aromatic carbocycles. The zero-order chi connectivity index (χ0) is 19.6. The zero-order valence-electron chi connectivity index (χ0n) is 15.2. The minimum Gasteiger partial charge on any atom is -0.464 e. The van der Waals surface area contributed by atoms with Crippen molar-refractivity contribution >= 4 is 11.9 Å². The molecule has 1 N–H and O–H groups in total. The fourth-order valence-electron chi connectivity index (χ4n) is 2.36. The molecule has 0 aromatic heterocycles. The van der Waals surface area contributed by atoms with Crippen LogP contribution >= 0.6 is 0 Å². The highest BCUT2D eigenvalue weighted by Crippen LogP contribution is 2.29. The second-order valence-electron chi connectivity index (χ2n) is 6.21. The number of alkyl halides is 3. The number of nitrogens with one attached hydrogen (secondary N) is 1. The van der Waals surface area contributed by atoms with E-state index in [1.807, 2.05) is 0 Å². The van der Waals surface area contributed by atoms with Crippen molar-refractivity contribution in [2.45, 2.75) is 64.6 Å². The number of ether oxygens (including phenoxy) is 1. The van der Waals surface area contributed by atoms with Gasteiger partial charge < -0.3 is 10.1 Å². The molecule has 26 heavy (non-hydrogen) atoms. The van der Waals surface area contributed by atoms with Gasteiger partial charge in [0.2, 0.25) is 0 Å². The molecular weight excluding hydrogens is 347 g/mol. The molecule has 0 aliphatic rings. The van der Waals surface area contributed by atoms with E-state index in [4.69, 9.17) is 4.74 Å². The van der Waals surface area contributed by atoms with Crippen LogP contribution in [-0.2, 0) is 15.7 Å². The highest BCUT2D eigenvalue weighted by atomic mass is 19.4. The largest absolute Gasteiger partial charge is 0.464 e. The maximum Gasteiger partial charge on any atom is 0.416 e. The summed E-state index contributed by atoms with van der Waals surface area (Å²) >= 11 is 0. The van der Waals surface area contributed by atoms with Crippen LogP contribution in [0.25, 0.3) is 0 Å². The molecule has 0 bridgehead atoms. The average molecular weight is 373 g/mol. The molecule has 1 atom stereocenters. The van der Waals surface area contributed by atoms with Crippen LogP contribution in [0.2, 0.25) is 0 Å². The molecule has 146 valence electrons. The van der Waals surface area contributed by atoms with Crippen molar-refractivity contribution < 1.29 is 27.5 Å². The van der Waals surface area contributed by atoms with Crippen LogP contribution < -0.4 is 5.32 Å². The lowest BCUT2D eigenvalue weighted by Crippen LogP contribution is -2.39. The van der Waals surface area contributed by atoms with Gasteiger partial charge in [0.15, 0.2) is 0 Å². The molecule has 0 aliphatic heterocycles. The summed E-state index contributed by atoms with van der Waals surface area (Å²) in [5, 5.41) is 2.36. The Hall–Kier alpha value is -2.05. The molecule has 1 rings (SSSR count). The number of esters is 1. The van der Waals surface area contributed by atoms with Gasteiger partial charge in [-0.1, -0.05) is 45.1 Å². The Morgan fingerprint density at radius 2 is 1.77 bits per heavy atom. The summed E-state index contributed by atoms with van der Waals surface area (Å²) < 4.78 is 43.2. The van der Waals surface area contributed by atoms with E-state index in [-0.39, 0.29) is 12.2 Å². The van der Waals surface area contributed by atoms with Crippen LogP contribution in [0, 0.1) is 0 Å². The number of hydrogen-bond donors (Lipinski definition) is 1. The van der Waals surface area contributed by atoms with E-state index in [1.165, 1.54) is 19.4 Å². The molecule has 0 saturated carbocycles. The monoisotopic (exact) mass is 373 g/mol.